The van der Waals surface area contributed by atoms with Gasteiger partial charge >= 0.3 is 11.9 Å². The van der Waals surface area contributed by atoms with E-state index in [-0.39, 0.29) is 24.9 Å². The summed E-state index contributed by atoms with van der Waals surface area (Å²) in [6, 6.07) is 0. The Morgan fingerprint density at radius 1 is 1.33 bits per heavy atom. The molecule has 0 aromatic carbocycles. The fourth-order valence-electron chi connectivity index (χ4n) is 0.706. The molecule has 0 unspecified atom stereocenters. The molecule has 0 amide bonds. The van der Waals surface area contributed by atoms with Gasteiger partial charge in [0.15, 0.2) is 0 Å². The van der Waals surface area contributed by atoms with Crippen molar-refractivity contribution in [3.8, 4) is 0 Å². The molecule has 70 valence electrons. The van der Waals surface area contributed by atoms with Crippen LogP contribution in [-0.4, -0.2) is 23.1 Å². The number of ether oxygens (including phenoxy) is 1. The number of hydrogen-bond acceptors (Lipinski definition) is 3. The fourth-order valence-corrected chi connectivity index (χ4v) is 0.706. The van der Waals surface area contributed by atoms with Crippen molar-refractivity contribution in [1.82, 2.24) is 0 Å². The Bertz CT molecular complexity index is 162. The minimum absolute atomic E-state index is 0.0210. The molecule has 4 nitrogen and oxygen atoms in total. The van der Waals surface area contributed by atoms with Crippen LogP contribution in [0.25, 0.3) is 0 Å². The first-order valence-corrected chi connectivity index (χ1v) is 3.93. The highest BCUT2D eigenvalue weighted by Crippen LogP contribution is 1.99. The average molecular weight is 174 g/mol. The van der Waals surface area contributed by atoms with Crippen molar-refractivity contribution in [3.63, 3.8) is 0 Å². The zero-order valence-electron chi connectivity index (χ0n) is 7.37. The quantitative estimate of drug-likeness (QED) is 0.636. The number of rotatable bonds is 5. The molecule has 1 N–H and O–H groups in total. The lowest BCUT2D eigenvalue weighted by Gasteiger charge is -2.06. The first-order chi connectivity index (χ1) is 5.52. The summed E-state index contributed by atoms with van der Waals surface area (Å²) in [5, 5.41) is 8.26. The molecule has 0 aliphatic heterocycles. The lowest BCUT2D eigenvalue weighted by Crippen LogP contribution is -2.11. The van der Waals surface area contributed by atoms with Gasteiger partial charge in [-0.25, -0.2) is 0 Å². The summed E-state index contributed by atoms with van der Waals surface area (Å²) in [6.45, 7) is 3.52. The summed E-state index contributed by atoms with van der Waals surface area (Å²) in [6.07, 6.45) is 0.431. The number of esters is 1. The Hall–Kier alpha value is -1.06. The lowest BCUT2D eigenvalue weighted by atomic mass is 10.2. The Balaban J connectivity index is 3.38. The fraction of sp³-hybridized carbons (Fsp3) is 0.750. The predicted octanol–water partition coefficient (Wildman–Crippen LogP) is 1.19. The maximum Gasteiger partial charge on any atom is 0.306 e. The minimum atomic E-state index is -0.882. The normalized spacial score (nSPS) is 9.92. The molecule has 0 aliphatic carbocycles. The van der Waals surface area contributed by atoms with Crippen molar-refractivity contribution < 1.29 is 19.4 Å². The predicted molar refractivity (Wildman–Crippen MR) is 42.7 cm³/mol. The maximum atomic E-state index is 10.8. The first kappa shape index (κ1) is 10.9. The van der Waals surface area contributed by atoms with Gasteiger partial charge in [0.05, 0.1) is 6.10 Å². The molecule has 0 spiro atoms. The lowest BCUT2D eigenvalue weighted by molar-refractivity contribution is -0.147. The number of carbonyl (C=O) groups is 2. The summed E-state index contributed by atoms with van der Waals surface area (Å²) in [5.74, 6) is -1.21. The summed E-state index contributed by atoms with van der Waals surface area (Å²) in [5.41, 5.74) is 0. The number of hydrogen-bond donors (Lipinski definition) is 1. The van der Waals surface area contributed by atoms with Crippen LogP contribution in [0.5, 0.6) is 0 Å². The average Bonchev–Trinajstić information content (AvgIpc) is 1.84. The molecular weight excluding hydrogens is 160 g/mol. The van der Waals surface area contributed by atoms with Gasteiger partial charge in [0.2, 0.25) is 0 Å². The molecule has 4 heteroatoms. The van der Waals surface area contributed by atoms with E-state index in [1.54, 1.807) is 13.8 Å². The smallest absolute Gasteiger partial charge is 0.306 e. The molecule has 12 heavy (non-hydrogen) atoms. The van der Waals surface area contributed by atoms with Crippen molar-refractivity contribution in [2.45, 2.75) is 39.2 Å². The molecule has 0 saturated heterocycles. The number of carboxylic acids is 1. The maximum absolute atomic E-state index is 10.8. The van der Waals surface area contributed by atoms with Crippen molar-refractivity contribution in [2.75, 3.05) is 0 Å². The molecule has 0 bridgehead atoms. The van der Waals surface area contributed by atoms with Gasteiger partial charge in [-0.3, -0.25) is 9.59 Å². The number of aliphatic carboxylic acids is 1. The molecule has 0 fully saturated rings. The van der Waals surface area contributed by atoms with Crippen molar-refractivity contribution in [3.05, 3.63) is 0 Å². The van der Waals surface area contributed by atoms with Crippen molar-refractivity contribution >= 4 is 11.9 Å². The summed E-state index contributed by atoms with van der Waals surface area (Å²) >= 11 is 0. The van der Waals surface area contributed by atoms with Crippen LogP contribution in [0, 0.1) is 0 Å². The van der Waals surface area contributed by atoms with E-state index in [1.165, 1.54) is 0 Å². The van der Waals surface area contributed by atoms with E-state index in [4.69, 9.17) is 9.84 Å². The third kappa shape index (κ3) is 7.05. The minimum Gasteiger partial charge on any atom is -0.481 e. The zero-order valence-corrected chi connectivity index (χ0v) is 7.37. The first-order valence-electron chi connectivity index (χ1n) is 3.93. The third-order valence-electron chi connectivity index (χ3n) is 1.14. The summed E-state index contributed by atoms with van der Waals surface area (Å²) in [7, 11) is 0. The van der Waals surface area contributed by atoms with E-state index >= 15 is 0 Å². The van der Waals surface area contributed by atoms with Gasteiger partial charge in [-0.05, 0) is 20.3 Å². The molecule has 0 atom stereocenters. The van der Waals surface area contributed by atoms with Crippen LogP contribution >= 0.6 is 0 Å². The molecule has 0 radical (unpaired) electrons. The van der Waals surface area contributed by atoms with E-state index in [0.29, 0.717) is 6.42 Å². The Kier molecular flexibility index (Phi) is 5.08. The van der Waals surface area contributed by atoms with Crippen LogP contribution in [0.2, 0.25) is 0 Å². The highest BCUT2D eigenvalue weighted by molar-refractivity contribution is 5.71. The van der Waals surface area contributed by atoms with Gasteiger partial charge in [-0.2, -0.15) is 0 Å². The standard InChI is InChI=1S/C8H14O4/c1-6(2)12-8(11)5-3-4-7(9)10/h6H,3-5H2,1-2H3,(H,9,10). The Morgan fingerprint density at radius 2 is 1.92 bits per heavy atom. The van der Waals surface area contributed by atoms with Gasteiger partial charge in [0.1, 0.15) is 0 Å². The monoisotopic (exact) mass is 174 g/mol. The van der Waals surface area contributed by atoms with E-state index in [1.807, 2.05) is 0 Å². The van der Waals surface area contributed by atoms with Gasteiger partial charge in [-0.1, -0.05) is 0 Å². The largest absolute Gasteiger partial charge is 0.481 e. The van der Waals surface area contributed by atoms with Crippen molar-refractivity contribution in [2.24, 2.45) is 0 Å². The summed E-state index contributed by atoms with van der Waals surface area (Å²) < 4.78 is 4.80. The topological polar surface area (TPSA) is 63.6 Å². The van der Waals surface area contributed by atoms with Crippen LogP contribution in [0.15, 0.2) is 0 Å². The Labute approximate surface area is 71.5 Å². The number of carboxylic acid groups (broad SMARTS) is 1. The van der Waals surface area contributed by atoms with E-state index < -0.39 is 5.97 Å². The van der Waals surface area contributed by atoms with Crippen LogP contribution in [-0.2, 0) is 14.3 Å². The van der Waals surface area contributed by atoms with Crippen LogP contribution in [0.3, 0.4) is 0 Å². The highest BCUT2D eigenvalue weighted by atomic mass is 16.5. The highest BCUT2D eigenvalue weighted by Gasteiger charge is 2.06. The van der Waals surface area contributed by atoms with E-state index in [0.717, 1.165) is 0 Å². The molecule has 0 aliphatic rings. The van der Waals surface area contributed by atoms with E-state index in [2.05, 4.69) is 0 Å². The second-order valence-electron chi connectivity index (χ2n) is 2.79. The molecular formula is C8H14O4. The molecule has 0 aromatic rings. The molecule has 0 heterocycles. The van der Waals surface area contributed by atoms with Gasteiger partial charge in [0.25, 0.3) is 0 Å². The van der Waals surface area contributed by atoms with Crippen LogP contribution < -0.4 is 0 Å². The summed E-state index contributed by atoms with van der Waals surface area (Å²) in [4.78, 5) is 20.9. The van der Waals surface area contributed by atoms with E-state index in [9.17, 15) is 9.59 Å². The molecule has 0 aromatic heterocycles. The van der Waals surface area contributed by atoms with Gasteiger partial charge in [0, 0.05) is 12.8 Å². The van der Waals surface area contributed by atoms with Crippen LogP contribution in [0.4, 0.5) is 0 Å². The number of carbonyl (C=O) groups excluding carboxylic acids is 1. The van der Waals surface area contributed by atoms with Crippen molar-refractivity contribution in [1.29, 1.82) is 0 Å². The third-order valence-corrected chi connectivity index (χ3v) is 1.14. The van der Waals surface area contributed by atoms with Gasteiger partial charge in [-0.15, -0.1) is 0 Å². The second-order valence-corrected chi connectivity index (χ2v) is 2.79. The Morgan fingerprint density at radius 3 is 2.33 bits per heavy atom. The second kappa shape index (κ2) is 5.57. The SMILES string of the molecule is CC(C)OC(=O)CCCC(=O)O. The van der Waals surface area contributed by atoms with Gasteiger partial charge < -0.3 is 9.84 Å². The molecule has 0 saturated carbocycles. The zero-order chi connectivity index (χ0) is 9.56. The van der Waals surface area contributed by atoms with Crippen LogP contribution in [0.1, 0.15) is 33.1 Å². The molecule has 0 rings (SSSR count).